The number of aliphatic hydroxyl groups is 1. The van der Waals surface area contributed by atoms with Crippen LogP contribution < -0.4 is 0 Å². The summed E-state index contributed by atoms with van der Waals surface area (Å²) < 4.78 is 0. The van der Waals surface area contributed by atoms with Crippen molar-refractivity contribution in [3.05, 3.63) is 11.8 Å². The first-order valence-electron chi connectivity index (χ1n) is 2.26. The molecule has 0 unspecified atom stereocenters. The lowest BCUT2D eigenvalue weighted by atomic mass is 10.3. The Morgan fingerprint density at radius 3 is 2.43 bits per heavy atom. The first-order chi connectivity index (χ1) is 3.29. The largest absolute Gasteiger partial charge is 0.512 e. The van der Waals surface area contributed by atoms with Gasteiger partial charge in [0, 0.05) is 12.1 Å². The van der Waals surface area contributed by atoms with Crippen molar-refractivity contribution in [2.45, 2.75) is 12.8 Å². The van der Waals surface area contributed by atoms with Crippen LogP contribution in [0.3, 0.4) is 0 Å². The Morgan fingerprint density at radius 1 is 1.57 bits per heavy atom. The van der Waals surface area contributed by atoms with Crippen molar-refractivity contribution in [2.75, 3.05) is 0 Å². The predicted octanol–water partition coefficient (Wildman–Crippen LogP) is 1.24. The molecule has 0 aliphatic heterocycles. The number of rotatable bonds is 0. The molecule has 0 radical (unpaired) electrons. The Bertz CT molecular complexity index is 126. The molecule has 0 saturated carbocycles. The molecule has 0 bridgehead atoms. The number of nitrogens with one attached hydrogen (secondary N) is 1. The van der Waals surface area contributed by atoms with Crippen LogP contribution in [-0.4, -0.2) is 10.8 Å². The third kappa shape index (κ3) is 0.796. The van der Waals surface area contributed by atoms with Crippen LogP contribution in [0.15, 0.2) is 11.8 Å². The fourth-order valence-electron chi connectivity index (χ4n) is 0.608. The van der Waals surface area contributed by atoms with E-state index in [9.17, 15) is 0 Å². The van der Waals surface area contributed by atoms with E-state index in [0.29, 0.717) is 24.3 Å². The standard InChI is InChI=1S/C5H7NO/c6-4-1-2-5(7)3-4/h3,6-7H,1-2H2. The van der Waals surface area contributed by atoms with Gasteiger partial charge < -0.3 is 10.5 Å². The molecule has 1 aliphatic rings. The van der Waals surface area contributed by atoms with Crippen molar-refractivity contribution < 1.29 is 5.11 Å². The van der Waals surface area contributed by atoms with Crippen LogP contribution in [-0.2, 0) is 0 Å². The monoisotopic (exact) mass is 97.1 g/mol. The normalized spacial score (nSPS) is 20.0. The average molecular weight is 97.1 g/mol. The van der Waals surface area contributed by atoms with E-state index >= 15 is 0 Å². The maximum absolute atomic E-state index is 8.62. The van der Waals surface area contributed by atoms with Crippen LogP contribution in [0, 0.1) is 5.41 Å². The molecule has 0 fully saturated rings. The number of hydrogen-bond acceptors (Lipinski definition) is 2. The maximum atomic E-state index is 8.62. The molecule has 2 N–H and O–H groups in total. The number of allylic oxidation sites excluding steroid dienone is 2. The highest BCUT2D eigenvalue weighted by atomic mass is 16.3. The minimum atomic E-state index is 0.352. The van der Waals surface area contributed by atoms with Crippen molar-refractivity contribution in [2.24, 2.45) is 0 Å². The summed E-state index contributed by atoms with van der Waals surface area (Å²) in [6.45, 7) is 0. The summed E-state index contributed by atoms with van der Waals surface area (Å²) in [4.78, 5) is 0. The highest BCUT2D eigenvalue weighted by Gasteiger charge is 2.05. The van der Waals surface area contributed by atoms with E-state index < -0.39 is 0 Å². The summed E-state index contributed by atoms with van der Waals surface area (Å²) in [6.07, 6.45) is 2.88. The molecule has 0 spiro atoms. The van der Waals surface area contributed by atoms with Gasteiger partial charge in [-0.3, -0.25) is 0 Å². The van der Waals surface area contributed by atoms with Crippen molar-refractivity contribution in [1.29, 1.82) is 5.41 Å². The SMILES string of the molecule is N=C1C=C(O)CC1. The average Bonchev–Trinajstić information content (AvgIpc) is 1.87. The Labute approximate surface area is 42.0 Å². The molecule has 0 amide bonds. The van der Waals surface area contributed by atoms with Gasteiger partial charge in [0.25, 0.3) is 0 Å². The minimum Gasteiger partial charge on any atom is -0.512 e. The summed E-state index contributed by atoms with van der Waals surface area (Å²) in [5, 5.41) is 15.6. The molecule has 0 aromatic rings. The zero-order valence-corrected chi connectivity index (χ0v) is 3.94. The highest BCUT2D eigenvalue weighted by molar-refractivity contribution is 5.94. The second kappa shape index (κ2) is 1.37. The fraction of sp³-hybridized carbons (Fsp3) is 0.400. The molecule has 0 atom stereocenters. The van der Waals surface area contributed by atoms with E-state index in [1.807, 2.05) is 0 Å². The Hall–Kier alpha value is -0.790. The van der Waals surface area contributed by atoms with E-state index in [0.717, 1.165) is 0 Å². The van der Waals surface area contributed by atoms with E-state index in [1.165, 1.54) is 6.08 Å². The van der Waals surface area contributed by atoms with Gasteiger partial charge in [-0.05, 0) is 12.5 Å². The van der Waals surface area contributed by atoms with Gasteiger partial charge in [0.1, 0.15) is 0 Å². The van der Waals surface area contributed by atoms with Gasteiger partial charge in [-0.25, -0.2) is 0 Å². The molecular weight excluding hydrogens is 90.1 g/mol. The van der Waals surface area contributed by atoms with Gasteiger partial charge in [-0.1, -0.05) is 0 Å². The van der Waals surface area contributed by atoms with Crippen LogP contribution in [0.1, 0.15) is 12.8 Å². The third-order valence-corrected chi connectivity index (χ3v) is 0.991. The van der Waals surface area contributed by atoms with E-state index in [-0.39, 0.29) is 0 Å². The van der Waals surface area contributed by atoms with Gasteiger partial charge in [-0.15, -0.1) is 0 Å². The fourth-order valence-corrected chi connectivity index (χ4v) is 0.608. The van der Waals surface area contributed by atoms with Gasteiger partial charge in [0.05, 0.1) is 5.76 Å². The first-order valence-corrected chi connectivity index (χ1v) is 2.26. The van der Waals surface area contributed by atoms with Crippen LogP contribution >= 0.6 is 0 Å². The lowest BCUT2D eigenvalue weighted by molar-refractivity contribution is 0.397. The van der Waals surface area contributed by atoms with Crippen molar-refractivity contribution in [1.82, 2.24) is 0 Å². The minimum absolute atomic E-state index is 0.352. The molecule has 0 aromatic heterocycles. The van der Waals surface area contributed by atoms with Gasteiger partial charge >= 0.3 is 0 Å². The van der Waals surface area contributed by atoms with Crippen LogP contribution in [0.5, 0.6) is 0 Å². The molecule has 0 saturated heterocycles. The summed E-state index contributed by atoms with van der Waals surface area (Å²) in [6, 6.07) is 0. The molecular formula is C5H7NO. The molecule has 2 heteroatoms. The third-order valence-electron chi connectivity index (χ3n) is 0.991. The lowest BCUT2D eigenvalue weighted by Gasteiger charge is -1.79. The molecule has 7 heavy (non-hydrogen) atoms. The van der Waals surface area contributed by atoms with Gasteiger partial charge in [0.2, 0.25) is 0 Å². The second-order valence-corrected chi connectivity index (χ2v) is 1.66. The van der Waals surface area contributed by atoms with Crippen molar-refractivity contribution in [3.63, 3.8) is 0 Å². The zero-order valence-electron chi connectivity index (χ0n) is 3.94. The molecule has 0 heterocycles. The zero-order chi connectivity index (χ0) is 5.28. The highest BCUT2D eigenvalue weighted by Crippen LogP contribution is 2.10. The summed E-state index contributed by atoms with van der Waals surface area (Å²) >= 11 is 0. The molecule has 38 valence electrons. The molecule has 0 aromatic carbocycles. The van der Waals surface area contributed by atoms with E-state index in [2.05, 4.69) is 0 Å². The van der Waals surface area contributed by atoms with Crippen molar-refractivity contribution >= 4 is 5.71 Å². The maximum Gasteiger partial charge on any atom is 0.0944 e. The van der Waals surface area contributed by atoms with Gasteiger partial charge in [-0.2, -0.15) is 0 Å². The smallest absolute Gasteiger partial charge is 0.0944 e. The summed E-state index contributed by atoms with van der Waals surface area (Å²) in [5.41, 5.74) is 0.539. The number of hydrogen-bond donors (Lipinski definition) is 2. The van der Waals surface area contributed by atoms with E-state index in [4.69, 9.17) is 10.5 Å². The van der Waals surface area contributed by atoms with Crippen molar-refractivity contribution in [3.8, 4) is 0 Å². The van der Waals surface area contributed by atoms with E-state index in [1.54, 1.807) is 0 Å². The van der Waals surface area contributed by atoms with Gasteiger partial charge in [0.15, 0.2) is 0 Å². The Balaban J connectivity index is 2.67. The van der Waals surface area contributed by atoms with Crippen LogP contribution in [0.4, 0.5) is 0 Å². The Morgan fingerprint density at radius 2 is 2.29 bits per heavy atom. The van der Waals surface area contributed by atoms with Crippen LogP contribution in [0.2, 0.25) is 0 Å². The number of aliphatic hydroxyl groups excluding tert-OH is 1. The Kier molecular flexibility index (Phi) is 0.855. The summed E-state index contributed by atoms with van der Waals surface area (Å²) in [7, 11) is 0. The molecule has 2 nitrogen and oxygen atoms in total. The second-order valence-electron chi connectivity index (χ2n) is 1.66. The molecule has 1 aliphatic carbocycles. The lowest BCUT2D eigenvalue weighted by Crippen LogP contribution is -1.78. The quantitative estimate of drug-likeness (QED) is 0.469. The predicted molar refractivity (Wildman–Crippen MR) is 27.7 cm³/mol. The summed E-state index contributed by atoms with van der Waals surface area (Å²) in [5.74, 6) is 0.352. The first kappa shape index (κ1) is 4.37. The van der Waals surface area contributed by atoms with Crippen LogP contribution in [0.25, 0.3) is 0 Å². The molecule has 1 rings (SSSR count). The topological polar surface area (TPSA) is 44.1 Å².